The molecule has 4 aromatic rings. The molecule has 2 aromatic carbocycles. The number of aromatic nitrogens is 1. The summed E-state index contributed by atoms with van der Waals surface area (Å²) in [6, 6.07) is 19.5. The van der Waals surface area contributed by atoms with E-state index in [4.69, 9.17) is 9.15 Å². The summed E-state index contributed by atoms with van der Waals surface area (Å²) in [5.74, 6) is 0.945. The summed E-state index contributed by atoms with van der Waals surface area (Å²) >= 11 is 4.55. The van der Waals surface area contributed by atoms with Gasteiger partial charge in [0.2, 0.25) is 0 Å². The molecule has 182 valence electrons. The number of allylic oxidation sites excluding steroid dienone is 1. The number of nitrogens with zero attached hydrogens (tertiary/aromatic N) is 2. The quantitative estimate of drug-likeness (QED) is 0.370. The maximum atomic E-state index is 13.7. The van der Waals surface area contributed by atoms with Crippen LogP contribution in [0.2, 0.25) is 0 Å². The second kappa shape index (κ2) is 10.1. The number of rotatable bonds is 6. The summed E-state index contributed by atoms with van der Waals surface area (Å²) < 4.78 is 13.8. The highest BCUT2D eigenvalue weighted by atomic mass is 79.9. The van der Waals surface area contributed by atoms with Crippen LogP contribution in [-0.2, 0) is 4.79 Å². The minimum atomic E-state index is -0.661. The van der Waals surface area contributed by atoms with Crippen molar-refractivity contribution in [3.63, 3.8) is 0 Å². The molecule has 1 aliphatic heterocycles. The van der Waals surface area contributed by atoms with Gasteiger partial charge in [-0.05, 0) is 71.7 Å². The van der Waals surface area contributed by atoms with Crippen LogP contribution >= 0.6 is 27.3 Å². The lowest BCUT2D eigenvalue weighted by Crippen LogP contribution is -2.40. The molecule has 0 bridgehead atoms. The van der Waals surface area contributed by atoms with Crippen LogP contribution in [0.4, 0.5) is 5.69 Å². The minimum absolute atomic E-state index is 0.248. The molecule has 5 rings (SSSR count). The molecule has 0 spiro atoms. The van der Waals surface area contributed by atoms with Gasteiger partial charge in [-0.1, -0.05) is 41.7 Å². The summed E-state index contributed by atoms with van der Waals surface area (Å²) in [5.41, 5.74) is 2.15. The third-order valence-corrected chi connectivity index (χ3v) is 7.08. The lowest BCUT2D eigenvalue weighted by molar-refractivity contribution is -0.113. The van der Waals surface area contributed by atoms with Crippen molar-refractivity contribution in [3.05, 3.63) is 114 Å². The summed E-state index contributed by atoms with van der Waals surface area (Å²) in [4.78, 5) is 32.4. The number of para-hydroxylation sites is 1. The molecule has 1 aliphatic rings. The smallest absolute Gasteiger partial charge is 0.271 e. The highest BCUT2D eigenvalue weighted by Crippen LogP contribution is 2.31. The van der Waals surface area contributed by atoms with Crippen molar-refractivity contribution >= 4 is 44.9 Å². The summed E-state index contributed by atoms with van der Waals surface area (Å²) in [5, 5.41) is 2.95. The molecule has 0 aliphatic carbocycles. The number of thiazole rings is 1. The topological polar surface area (TPSA) is 85.8 Å². The highest BCUT2D eigenvalue weighted by molar-refractivity contribution is 9.10. The van der Waals surface area contributed by atoms with Crippen LogP contribution in [0, 0.1) is 0 Å². The largest absolute Gasteiger partial charge is 0.494 e. The summed E-state index contributed by atoms with van der Waals surface area (Å²) in [6.07, 6.45) is 1.69. The zero-order valence-electron chi connectivity index (χ0n) is 19.5. The van der Waals surface area contributed by atoms with E-state index in [-0.39, 0.29) is 11.5 Å². The van der Waals surface area contributed by atoms with Gasteiger partial charge in [-0.3, -0.25) is 14.2 Å². The standard InChI is InChI=1S/C27H22BrN3O4S/c1-3-34-19-11-9-17(10-12-19)24-23(25(32)30-18-7-5-4-6-8-18)16(2)29-27-31(24)26(33)21(36-27)15-20-13-14-22(28)35-20/h4-15,24H,3H2,1-2H3,(H,30,32)/t24-/m0/s1. The Balaban J connectivity index is 1.66. The number of carbonyl (C=O) groups excluding carboxylic acids is 1. The molecule has 1 N–H and O–H groups in total. The monoisotopic (exact) mass is 563 g/mol. The van der Waals surface area contributed by atoms with E-state index in [0.717, 1.165) is 5.56 Å². The summed E-state index contributed by atoms with van der Waals surface area (Å²) in [7, 11) is 0. The molecule has 2 aromatic heterocycles. The third-order valence-electron chi connectivity index (χ3n) is 5.67. The fourth-order valence-electron chi connectivity index (χ4n) is 4.10. The van der Waals surface area contributed by atoms with Gasteiger partial charge in [0.15, 0.2) is 9.47 Å². The van der Waals surface area contributed by atoms with Crippen LogP contribution in [0.25, 0.3) is 6.08 Å². The van der Waals surface area contributed by atoms with E-state index in [1.54, 1.807) is 29.7 Å². The van der Waals surface area contributed by atoms with Crippen LogP contribution in [0.1, 0.15) is 31.2 Å². The van der Waals surface area contributed by atoms with Gasteiger partial charge in [-0.25, -0.2) is 4.99 Å². The Labute approximate surface area is 219 Å². The van der Waals surface area contributed by atoms with Crippen molar-refractivity contribution < 1.29 is 13.9 Å². The Hall–Kier alpha value is -3.69. The van der Waals surface area contributed by atoms with Crippen molar-refractivity contribution in [1.29, 1.82) is 0 Å². The van der Waals surface area contributed by atoms with E-state index in [0.29, 0.717) is 49.1 Å². The molecule has 1 atom stereocenters. The lowest BCUT2D eigenvalue weighted by atomic mass is 9.95. The van der Waals surface area contributed by atoms with Crippen LogP contribution in [0.5, 0.6) is 5.75 Å². The third kappa shape index (κ3) is 4.72. The number of amides is 1. The fraction of sp³-hybridized carbons (Fsp3) is 0.148. The maximum absolute atomic E-state index is 13.7. The number of halogens is 1. The van der Waals surface area contributed by atoms with Gasteiger partial charge in [0, 0.05) is 11.8 Å². The average molecular weight is 564 g/mol. The Morgan fingerprint density at radius 1 is 1.17 bits per heavy atom. The van der Waals surface area contributed by atoms with Crippen LogP contribution in [0.3, 0.4) is 0 Å². The van der Waals surface area contributed by atoms with Gasteiger partial charge in [-0.2, -0.15) is 0 Å². The van der Waals surface area contributed by atoms with Gasteiger partial charge in [-0.15, -0.1) is 0 Å². The first-order valence-corrected chi connectivity index (χ1v) is 12.9. The lowest BCUT2D eigenvalue weighted by Gasteiger charge is -2.25. The van der Waals surface area contributed by atoms with Crippen molar-refractivity contribution in [2.75, 3.05) is 11.9 Å². The van der Waals surface area contributed by atoms with Crippen molar-refractivity contribution in [1.82, 2.24) is 4.57 Å². The minimum Gasteiger partial charge on any atom is -0.494 e. The molecular weight excluding hydrogens is 542 g/mol. The predicted molar refractivity (Wildman–Crippen MR) is 143 cm³/mol. The molecule has 0 radical (unpaired) electrons. The van der Waals surface area contributed by atoms with E-state index in [1.807, 2.05) is 61.5 Å². The molecule has 0 saturated heterocycles. The number of fused-ring (bicyclic) bond motifs is 1. The SMILES string of the molecule is CCOc1ccc([C@H]2C(C(=O)Nc3ccccc3)=C(C)N=c3sc(=Cc4ccc(Br)o4)c(=O)n32)cc1. The number of ether oxygens (including phenoxy) is 1. The Morgan fingerprint density at radius 2 is 1.92 bits per heavy atom. The number of nitrogens with one attached hydrogen (secondary N) is 1. The molecule has 9 heteroatoms. The zero-order valence-corrected chi connectivity index (χ0v) is 21.9. The van der Waals surface area contributed by atoms with Gasteiger partial charge >= 0.3 is 0 Å². The predicted octanol–water partition coefficient (Wildman–Crippen LogP) is 4.63. The zero-order chi connectivity index (χ0) is 25.2. The molecule has 0 unspecified atom stereocenters. The normalized spacial score (nSPS) is 15.4. The van der Waals surface area contributed by atoms with Gasteiger partial charge < -0.3 is 14.5 Å². The van der Waals surface area contributed by atoms with E-state index in [9.17, 15) is 9.59 Å². The average Bonchev–Trinajstić information content (AvgIpc) is 3.41. The highest BCUT2D eigenvalue weighted by Gasteiger charge is 2.32. The maximum Gasteiger partial charge on any atom is 0.271 e. The van der Waals surface area contributed by atoms with E-state index < -0.39 is 6.04 Å². The van der Waals surface area contributed by atoms with Crippen LogP contribution in [0.15, 0.2) is 96.9 Å². The van der Waals surface area contributed by atoms with Crippen molar-refractivity contribution in [2.24, 2.45) is 4.99 Å². The molecule has 36 heavy (non-hydrogen) atoms. The van der Waals surface area contributed by atoms with Crippen LogP contribution < -0.4 is 24.9 Å². The Kier molecular flexibility index (Phi) is 6.75. The number of carbonyl (C=O) groups is 1. The molecule has 1 amide bonds. The van der Waals surface area contributed by atoms with Gasteiger partial charge in [0.1, 0.15) is 11.5 Å². The van der Waals surface area contributed by atoms with E-state index in [1.165, 1.54) is 11.3 Å². The number of benzene rings is 2. The summed E-state index contributed by atoms with van der Waals surface area (Å²) in [6.45, 7) is 4.26. The van der Waals surface area contributed by atoms with Crippen LogP contribution in [-0.4, -0.2) is 17.1 Å². The molecule has 7 nitrogen and oxygen atoms in total. The number of hydrogen-bond acceptors (Lipinski definition) is 6. The number of hydrogen-bond donors (Lipinski definition) is 1. The number of furan rings is 1. The van der Waals surface area contributed by atoms with Crippen molar-refractivity contribution in [3.8, 4) is 5.75 Å². The Bertz CT molecular complexity index is 1630. The van der Waals surface area contributed by atoms with Gasteiger partial charge in [0.25, 0.3) is 11.5 Å². The molecule has 0 fully saturated rings. The molecule has 0 saturated carbocycles. The van der Waals surface area contributed by atoms with E-state index in [2.05, 4.69) is 26.2 Å². The second-order valence-corrected chi connectivity index (χ2v) is 9.84. The van der Waals surface area contributed by atoms with E-state index >= 15 is 0 Å². The fourth-order valence-corrected chi connectivity index (χ4v) is 5.44. The first kappa shape index (κ1) is 24.0. The van der Waals surface area contributed by atoms with Crippen molar-refractivity contribution in [2.45, 2.75) is 19.9 Å². The van der Waals surface area contributed by atoms with Gasteiger partial charge in [0.05, 0.1) is 28.5 Å². The molecule has 3 heterocycles. The molecular formula is C27H22BrN3O4S. The first-order valence-electron chi connectivity index (χ1n) is 11.3. The second-order valence-electron chi connectivity index (χ2n) is 8.05. The Morgan fingerprint density at radius 3 is 2.58 bits per heavy atom. The number of anilines is 1. The first-order chi connectivity index (χ1) is 17.4.